The first-order valence-corrected chi connectivity index (χ1v) is 5.37. The smallest absolute Gasteiger partial charge is 0.243 e. The number of nitrogens with one attached hydrogen (secondary N) is 1. The second kappa shape index (κ2) is 6.05. The normalized spacial score (nSPS) is 12.1. The summed E-state index contributed by atoms with van der Waals surface area (Å²) in [5, 5.41) is 5.19. The van der Waals surface area contributed by atoms with Crippen LogP contribution in [-0.2, 0) is 4.79 Å². The fourth-order valence-corrected chi connectivity index (χ4v) is 1.59. The number of hydrogen-bond donors (Lipinski definition) is 2. The van der Waals surface area contributed by atoms with Crippen LogP contribution in [0.2, 0.25) is 0 Å². The Kier molecular flexibility index (Phi) is 5.79. The van der Waals surface area contributed by atoms with Crippen LogP contribution in [0.5, 0.6) is 0 Å². The average molecular weight is 250 g/mol. The van der Waals surface area contributed by atoms with Crippen LogP contribution in [0.25, 0.3) is 0 Å². The Bertz CT molecular complexity index is 327. The molecule has 1 amide bonds. The number of nitrogens with zero attached hydrogens (tertiary/aromatic N) is 1. The molecule has 1 rings (SSSR count). The number of rotatable bonds is 3. The lowest BCUT2D eigenvalue weighted by molar-refractivity contribution is -0.118. The molecule has 1 heterocycles. The van der Waals surface area contributed by atoms with E-state index in [1.54, 1.807) is 0 Å². The molecule has 6 heteroatoms. The first-order valence-electron chi connectivity index (χ1n) is 4.49. The van der Waals surface area contributed by atoms with Gasteiger partial charge in [-0.05, 0) is 12.8 Å². The highest BCUT2D eigenvalue weighted by Crippen LogP contribution is 2.15. The summed E-state index contributed by atoms with van der Waals surface area (Å²) in [6, 6.07) is -0.473. The summed E-state index contributed by atoms with van der Waals surface area (Å²) < 4.78 is 0. The lowest BCUT2D eigenvalue weighted by Crippen LogP contribution is -2.39. The summed E-state index contributed by atoms with van der Waals surface area (Å²) >= 11 is 1.41. The van der Waals surface area contributed by atoms with Crippen LogP contribution in [0.1, 0.15) is 19.5 Å². The van der Waals surface area contributed by atoms with E-state index in [1.807, 2.05) is 26.2 Å². The van der Waals surface area contributed by atoms with Crippen molar-refractivity contribution >= 4 is 34.8 Å². The van der Waals surface area contributed by atoms with Gasteiger partial charge in [0.1, 0.15) is 0 Å². The van der Waals surface area contributed by atoms with E-state index in [1.165, 1.54) is 11.3 Å². The molecule has 0 aliphatic carbocycles. The van der Waals surface area contributed by atoms with Crippen molar-refractivity contribution in [3.63, 3.8) is 0 Å². The summed E-state index contributed by atoms with van der Waals surface area (Å²) in [6.45, 7) is 5.71. The summed E-state index contributed by atoms with van der Waals surface area (Å²) in [5.41, 5.74) is 6.59. The van der Waals surface area contributed by atoms with Crippen molar-refractivity contribution in [2.45, 2.75) is 26.8 Å². The maximum Gasteiger partial charge on any atom is 0.243 e. The first kappa shape index (κ1) is 14.3. The fraction of sp³-hybridized carbons (Fsp3) is 0.556. The quantitative estimate of drug-likeness (QED) is 0.858. The standard InChI is InChI=1S/C9H15N3OS.ClH/c1-5(2)7(10)8(13)12-9-11-6(3)4-14-9;/h4-5,7H,10H2,1-3H3,(H,11,12,13);1H/t7-;/m1./s1. The van der Waals surface area contributed by atoms with E-state index >= 15 is 0 Å². The minimum absolute atomic E-state index is 0. The third-order valence-electron chi connectivity index (χ3n) is 1.87. The SMILES string of the molecule is Cc1csc(NC(=O)[C@H](N)C(C)C)n1.Cl. The number of amides is 1. The van der Waals surface area contributed by atoms with Gasteiger partial charge in [-0.25, -0.2) is 4.98 Å². The molecule has 15 heavy (non-hydrogen) atoms. The highest BCUT2D eigenvalue weighted by atomic mass is 35.5. The van der Waals surface area contributed by atoms with E-state index in [9.17, 15) is 4.79 Å². The fourth-order valence-electron chi connectivity index (χ4n) is 0.903. The molecule has 3 N–H and O–H groups in total. The van der Waals surface area contributed by atoms with Gasteiger partial charge in [-0.3, -0.25) is 4.79 Å². The van der Waals surface area contributed by atoms with Gasteiger partial charge in [-0.1, -0.05) is 13.8 Å². The predicted molar refractivity (Wildman–Crippen MR) is 65.5 cm³/mol. The van der Waals surface area contributed by atoms with Gasteiger partial charge in [0.15, 0.2) is 5.13 Å². The van der Waals surface area contributed by atoms with Crippen molar-refractivity contribution in [3.05, 3.63) is 11.1 Å². The van der Waals surface area contributed by atoms with E-state index in [-0.39, 0.29) is 24.2 Å². The monoisotopic (exact) mass is 249 g/mol. The van der Waals surface area contributed by atoms with Crippen LogP contribution in [0.4, 0.5) is 5.13 Å². The minimum atomic E-state index is -0.473. The number of aromatic nitrogens is 1. The number of anilines is 1. The Morgan fingerprint density at radius 2 is 2.20 bits per heavy atom. The van der Waals surface area contributed by atoms with Crippen LogP contribution in [0.15, 0.2) is 5.38 Å². The summed E-state index contributed by atoms with van der Waals surface area (Å²) in [6.07, 6.45) is 0. The second-order valence-corrected chi connectivity index (χ2v) is 4.41. The van der Waals surface area contributed by atoms with Gasteiger partial charge in [-0.2, -0.15) is 0 Å². The van der Waals surface area contributed by atoms with Crippen molar-refractivity contribution in [2.24, 2.45) is 11.7 Å². The van der Waals surface area contributed by atoms with E-state index in [4.69, 9.17) is 5.73 Å². The molecule has 4 nitrogen and oxygen atoms in total. The number of carbonyl (C=O) groups is 1. The second-order valence-electron chi connectivity index (χ2n) is 3.55. The summed E-state index contributed by atoms with van der Waals surface area (Å²) in [4.78, 5) is 15.6. The van der Waals surface area contributed by atoms with Gasteiger partial charge in [0, 0.05) is 5.38 Å². The number of hydrogen-bond acceptors (Lipinski definition) is 4. The van der Waals surface area contributed by atoms with Crippen molar-refractivity contribution in [2.75, 3.05) is 5.32 Å². The topological polar surface area (TPSA) is 68.0 Å². The van der Waals surface area contributed by atoms with Gasteiger partial charge in [0.25, 0.3) is 0 Å². The lowest BCUT2D eigenvalue weighted by Gasteiger charge is -2.13. The maximum absolute atomic E-state index is 11.5. The van der Waals surface area contributed by atoms with E-state index in [0.29, 0.717) is 5.13 Å². The molecule has 0 spiro atoms. The largest absolute Gasteiger partial charge is 0.320 e. The molecule has 0 bridgehead atoms. The van der Waals surface area contributed by atoms with Crippen LogP contribution in [-0.4, -0.2) is 16.9 Å². The highest BCUT2D eigenvalue weighted by Gasteiger charge is 2.17. The summed E-state index contributed by atoms with van der Waals surface area (Å²) in [5.74, 6) is -0.0367. The van der Waals surface area contributed by atoms with Crippen molar-refractivity contribution < 1.29 is 4.79 Å². The molecule has 1 aromatic rings. The van der Waals surface area contributed by atoms with E-state index < -0.39 is 6.04 Å². The van der Waals surface area contributed by atoms with Gasteiger partial charge in [-0.15, -0.1) is 23.7 Å². The van der Waals surface area contributed by atoms with Crippen molar-refractivity contribution in [1.82, 2.24) is 4.98 Å². The van der Waals surface area contributed by atoms with E-state index in [2.05, 4.69) is 10.3 Å². The highest BCUT2D eigenvalue weighted by molar-refractivity contribution is 7.13. The Labute approximate surface area is 99.7 Å². The van der Waals surface area contributed by atoms with Crippen LogP contribution in [0, 0.1) is 12.8 Å². The van der Waals surface area contributed by atoms with Gasteiger partial charge < -0.3 is 11.1 Å². The molecule has 0 unspecified atom stereocenters. The van der Waals surface area contributed by atoms with Crippen LogP contribution < -0.4 is 11.1 Å². The van der Waals surface area contributed by atoms with Gasteiger partial charge in [0.2, 0.25) is 5.91 Å². The Hall–Kier alpha value is -0.650. The Balaban J connectivity index is 0.00000196. The molecule has 0 fully saturated rings. The third-order valence-corrected chi connectivity index (χ3v) is 2.75. The number of halogens is 1. The van der Waals surface area contributed by atoms with Crippen LogP contribution in [0.3, 0.4) is 0 Å². The van der Waals surface area contributed by atoms with E-state index in [0.717, 1.165) is 5.69 Å². The average Bonchev–Trinajstić information content (AvgIpc) is 2.49. The predicted octanol–water partition coefficient (Wildman–Crippen LogP) is 1.80. The molecular weight excluding hydrogens is 234 g/mol. The molecule has 0 aliphatic rings. The number of thiazole rings is 1. The zero-order chi connectivity index (χ0) is 10.7. The zero-order valence-electron chi connectivity index (χ0n) is 8.98. The minimum Gasteiger partial charge on any atom is -0.320 e. The Morgan fingerprint density at radius 1 is 1.60 bits per heavy atom. The molecule has 0 saturated heterocycles. The molecule has 86 valence electrons. The molecule has 0 saturated carbocycles. The molecule has 0 aromatic carbocycles. The number of nitrogens with two attached hydrogens (primary N) is 1. The third kappa shape index (κ3) is 4.15. The molecule has 1 aromatic heterocycles. The van der Waals surface area contributed by atoms with Crippen molar-refractivity contribution in [1.29, 1.82) is 0 Å². The maximum atomic E-state index is 11.5. The molecule has 0 aliphatic heterocycles. The first-order chi connectivity index (χ1) is 6.50. The summed E-state index contributed by atoms with van der Waals surface area (Å²) in [7, 11) is 0. The molecular formula is C9H16ClN3OS. The number of carbonyl (C=O) groups excluding carboxylic acids is 1. The van der Waals surface area contributed by atoms with Crippen molar-refractivity contribution in [3.8, 4) is 0 Å². The zero-order valence-corrected chi connectivity index (χ0v) is 10.6. The van der Waals surface area contributed by atoms with Gasteiger partial charge in [0.05, 0.1) is 11.7 Å². The number of aryl methyl sites for hydroxylation is 1. The molecule has 0 radical (unpaired) electrons. The molecule has 1 atom stereocenters. The Morgan fingerprint density at radius 3 is 2.60 bits per heavy atom. The lowest BCUT2D eigenvalue weighted by atomic mass is 10.1. The van der Waals surface area contributed by atoms with Crippen LogP contribution >= 0.6 is 23.7 Å². The van der Waals surface area contributed by atoms with Gasteiger partial charge >= 0.3 is 0 Å².